The van der Waals surface area contributed by atoms with Crippen LogP contribution in [0.15, 0.2) is 70.5 Å². The van der Waals surface area contributed by atoms with Crippen molar-refractivity contribution in [2.45, 2.75) is 26.0 Å². The van der Waals surface area contributed by atoms with E-state index in [0.717, 1.165) is 4.57 Å². The normalized spacial score (nSPS) is 11.3. The van der Waals surface area contributed by atoms with Gasteiger partial charge in [0.15, 0.2) is 0 Å². The quantitative estimate of drug-likeness (QED) is 0.102. The molecule has 0 fully saturated rings. The molecule has 0 saturated heterocycles. The molecule has 0 atom stereocenters. The molecule has 0 N–H and O–H groups in total. The van der Waals surface area contributed by atoms with Crippen LogP contribution < -0.4 is 80.2 Å². The van der Waals surface area contributed by atoms with Crippen molar-refractivity contribution < 1.29 is 78.0 Å². The molecule has 4 heterocycles. The van der Waals surface area contributed by atoms with Crippen molar-refractivity contribution >= 4 is 29.8 Å². The summed E-state index contributed by atoms with van der Waals surface area (Å²) in [7, 11) is -5.53. The third-order valence-electron chi connectivity index (χ3n) is 6.45. The molecule has 1 aromatic carbocycles. The molecule has 16 heteroatoms. The number of hydrogen-bond acceptors (Lipinski definition) is 11. The third-order valence-corrected chi connectivity index (χ3v) is 6.88. The molecule has 0 unspecified atom stereocenters. The number of fused-ring (bicyclic) bond motifs is 3. The molecule has 5 rings (SSSR count). The molecular formula is C27H18N7Na2O6P. The monoisotopic (exact) mass is 613 g/mol. The Hall–Kier alpha value is -3.04. The van der Waals surface area contributed by atoms with Gasteiger partial charge in [0, 0.05) is 18.0 Å². The summed E-state index contributed by atoms with van der Waals surface area (Å²) in [5, 5.41) is 18.5. The van der Waals surface area contributed by atoms with E-state index in [1.807, 2.05) is 6.07 Å². The van der Waals surface area contributed by atoms with Crippen molar-refractivity contribution in [1.29, 1.82) is 10.5 Å². The van der Waals surface area contributed by atoms with Gasteiger partial charge >= 0.3 is 64.8 Å². The fourth-order valence-corrected chi connectivity index (χ4v) is 4.49. The van der Waals surface area contributed by atoms with Crippen molar-refractivity contribution in [1.82, 2.24) is 24.1 Å². The van der Waals surface area contributed by atoms with Gasteiger partial charge in [-0.3, -0.25) is 14.3 Å². The molecule has 13 nitrogen and oxygen atoms in total. The summed E-state index contributed by atoms with van der Waals surface area (Å²) in [6.45, 7) is 2.32. The molecule has 0 bridgehead atoms. The van der Waals surface area contributed by atoms with E-state index in [1.165, 1.54) is 18.5 Å². The van der Waals surface area contributed by atoms with Crippen LogP contribution in [0.1, 0.15) is 25.1 Å². The molecule has 0 amide bonds. The van der Waals surface area contributed by atoms with E-state index in [2.05, 4.69) is 25.5 Å². The van der Waals surface area contributed by atoms with E-state index in [9.17, 15) is 29.2 Å². The zero-order valence-corrected chi connectivity index (χ0v) is 28.4. The van der Waals surface area contributed by atoms with Crippen molar-refractivity contribution in [3.05, 3.63) is 93.0 Å². The fourth-order valence-electron chi connectivity index (χ4n) is 4.23. The first-order valence-corrected chi connectivity index (χ1v) is 13.4. The molecule has 0 aliphatic rings. The van der Waals surface area contributed by atoms with Crippen LogP contribution in [0.25, 0.3) is 38.9 Å². The first-order chi connectivity index (χ1) is 19.4. The molecule has 204 valence electrons. The third kappa shape index (κ3) is 6.88. The summed E-state index contributed by atoms with van der Waals surface area (Å²) in [6.07, 6.45) is 2.68. The molecule has 43 heavy (non-hydrogen) atoms. The van der Waals surface area contributed by atoms with Crippen LogP contribution in [-0.4, -0.2) is 24.1 Å². The maximum absolute atomic E-state index is 13.7. The Morgan fingerprint density at radius 2 is 1.67 bits per heavy atom. The van der Waals surface area contributed by atoms with Crippen molar-refractivity contribution in [3.8, 4) is 29.1 Å². The minimum Gasteiger partial charge on any atom is -0.790 e. The topological polar surface area (TPSA) is 203 Å². The van der Waals surface area contributed by atoms with Crippen LogP contribution in [0.2, 0.25) is 0 Å². The van der Waals surface area contributed by atoms with E-state index in [0.29, 0.717) is 26.9 Å². The molecule has 4 aromatic heterocycles. The maximum Gasteiger partial charge on any atom is 1.00 e. The smallest absolute Gasteiger partial charge is 0.790 e. The Labute approximate surface area is 288 Å². The Morgan fingerprint density at radius 1 is 0.977 bits per heavy atom. The van der Waals surface area contributed by atoms with E-state index < -0.39 is 31.2 Å². The van der Waals surface area contributed by atoms with Gasteiger partial charge in [-0.05, 0) is 55.8 Å². The van der Waals surface area contributed by atoms with Crippen molar-refractivity contribution in [2.75, 3.05) is 0 Å². The Kier molecular flexibility index (Phi) is 10.7. The van der Waals surface area contributed by atoms with Crippen LogP contribution in [0.3, 0.4) is 0 Å². The average molecular weight is 613 g/mol. The first-order valence-electron chi connectivity index (χ1n) is 11.9. The van der Waals surface area contributed by atoms with Gasteiger partial charge in [-0.1, -0.05) is 12.1 Å². The minimum absolute atomic E-state index is 0. The maximum atomic E-state index is 13.7. The van der Waals surface area contributed by atoms with Crippen molar-refractivity contribution in [2.24, 2.45) is 0 Å². The average Bonchev–Trinajstić information content (AvgIpc) is 2.96. The van der Waals surface area contributed by atoms with Gasteiger partial charge in [0.25, 0.3) is 5.56 Å². The summed E-state index contributed by atoms with van der Waals surface area (Å²) in [6, 6.07) is 17.0. The molecular weight excluding hydrogens is 595 g/mol. The van der Waals surface area contributed by atoms with Crippen molar-refractivity contribution in [3.63, 3.8) is 0 Å². The molecule has 0 radical (unpaired) electrons. The SMILES string of the molecule is CC(C)(C#N)c1ccc(-n2c(=O)n(COP(=O)([O-])[O-])c(=O)c3cnc4ccc(-c5ccc(C#N)nc5)nc4c32)cc1.[Na+].[Na+]. The first kappa shape index (κ1) is 34.5. The predicted molar refractivity (Wildman–Crippen MR) is 142 cm³/mol. The van der Waals surface area contributed by atoms with Crippen LogP contribution in [0.5, 0.6) is 0 Å². The zero-order valence-electron chi connectivity index (χ0n) is 23.5. The largest absolute Gasteiger partial charge is 1.00 e. The number of rotatable bonds is 6. The fraction of sp³-hybridized carbons (Fsp3) is 0.148. The van der Waals surface area contributed by atoms with E-state index in [-0.39, 0.29) is 86.9 Å². The summed E-state index contributed by atoms with van der Waals surface area (Å²) in [5.41, 5.74) is -0.0721. The molecule has 0 aliphatic heterocycles. The van der Waals surface area contributed by atoms with Gasteiger partial charge in [-0.2, -0.15) is 10.5 Å². The van der Waals surface area contributed by atoms with Gasteiger partial charge in [0.05, 0.1) is 47.1 Å². The second-order valence-corrected chi connectivity index (χ2v) is 10.6. The van der Waals surface area contributed by atoms with Gasteiger partial charge in [0.2, 0.25) is 0 Å². The summed E-state index contributed by atoms with van der Waals surface area (Å²) in [5.74, 6) is 0. The predicted octanol–water partition coefficient (Wildman–Crippen LogP) is -4.36. The zero-order chi connectivity index (χ0) is 29.5. The van der Waals surface area contributed by atoms with Gasteiger partial charge in [0.1, 0.15) is 24.0 Å². The Morgan fingerprint density at radius 3 is 2.26 bits per heavy atom. The summed E-state index contributed by atoms with van der Waals surface area (Å²) in [4.78, 5) is 62.4. The molecule has 0 aliphatic carbocycles. The van der Waals surface area contributed by atoms with E-state index in [4.69, 9.17) is 5.26 Å². The summed E-state index contributed by atoms with van der Waals surface area (Å²) < 4.78 is 17.0. The van der Waals surface area contributed by atoms with E-state index >= 15 is 0 Å². The van der Waals surface area contributed by atoms with Crippen LogP contribution in [-0.2, 0) is 21.2 Å². The second-order valence-electron chi connectivity index (χ2n) is 9.47. The summed E-state index contributed by atoms with van der Waals surface area (Å²) >= 11 is 0. The number of aromatic nitrogens is 5. The number of nitriles is 2. The molecule has 0 spiro atoms. The van der Waals surface area contributed by atoms with Gasteiger partial charge < -0.3 is 18.9 Å². The number of benzene rings is 1. The number of hydrogen-bond donors (Lipinski definition) is 0. The number of phosphoric acid groups is 1. The van der Waals surface area contributed by atoms with Crippen LogP contribution in [0.4, 0.5) is 0 Å². The van der Waals surface area contributed by atoms with Gasteiger partial charge in [-0.25, -0.2) is 19.3 Å². The second kappa shape index (κ2) is 13.3. The standard InChI is InChI=1S/C27H20N7O6P.2Na/c1-27(2,14-29)17-4-7-19(8-5-17)34-24-20(25(35)33(26(34)36)15-40-41(37,38)39)13-31-22-10-9-21(32-23(22)24)16-3-6-18(11-28)30-12-16;;/h3-10,12-13H,15H2,1-2H3,(H2,37,38,39);;/q;2*+1/p-2. The van der Waals surface area contributed by atoms with Crippen LogP contribution in [0, 0.1) is 22.7 Å². The molecule has 0 saturated carbocycles. The molecule has 5 aromatic rings. The number of nitrogens with zero attached hydrogens (tertiary/aromatic N) is 7. The minimum atomic E-state index is -5.53. The van der Waals surface area contributed by atoms with Crippen LogP contribution >= 0.6 is 7.82 Å². The van der Waals surface area contributed by atoms with Gasteiger partial charge in [-0.15, -0.1) is 0 Å². The van der Waals surface area contributed by atoms with E-state index in [1.54, 1.807) is 56.3 Å². The number of pyridine rings is 3. The Bertz CT molecular complexity index is 2100. The number of phosphoric ester groups is 1. The Balaban J connectivity index is 0.00000253.